The second-order valence-electron chi connectivity index (χ2n) is 19.1. The number of hydrogen-bond donors (Lipinski definition) is 1. The quantitative estimate of drug-likeness (QED) is 0.174. The molecule has 1 radical (unpaired) electrons. The Morgan fingerprint density at radius 3 is 1.52 bits per heavy atom. The molecule has 0 aliphatic carbocycles. The number of rotatable bonds is 5. The van der Waals surface area contributed by atoms with Crippen LogP contribution in [-0.4, -0.2) is 29.5 Å². The van der Waals surface area contributed by atoms with E-state index in [1.807, 2.05) is 103 Å². The molecule has 1 N–H and O–H groups in total. The summed E-state index contributed by atoms with van der Waals surface area (Å²) in [5.74, 6) is 1.93. The van der Waals surface area contributed by atoms with Gasteiger partial charge in [-0.05, 0) is 81.4 Å². The Bertz CT molecular complexity index is 4290. The van der Waals surface area contributed by atoms with Crippen molar-refractivity contribution in [3.63, 3.8) is 0 Å². The van der Waals surface area contributed by atoms with Crippen LogP contribution in [-0.2, 0) is 54.0 Å². The van der Waals surface area contributed by atoms with Gasteiger partial charge in [0.1, 0.15) is 11.6 Å². The van der Waals surface area contributed by atoms with E-state index < -0.39 is 0 Å². The molecule has 8 aromatic carbocycles. The van der Waals surface area contributed by atoms with Crippen LogP contribution < -0.4 is 4.90 Å². The van der Waals surface area contributed by atoms with Crippen LogP contribution in [0.15, 0.2) is 243 Å². The number of anilines is 3. The molecular weight excluding hydrogens is 1330 g/mol. The third kappa shape index (κ3) is 9.70. The van der Waals surface area contributed by atoms with Gasteiger partial charge in [0.05, 0.1) is 22.2 Å². The zero-order chi connectivity index (χ0) is 51.1. The molecule has 381 valence electrons. The molecule has 0 unspecified atom stereocenters. The van der Waals surface area contributed by atoms with E-state index in [-0.39, 0.29) is 41.2 Å². The van der Waals surface area contributed by atoms with Gasteiger partial charge in [0.2, 0.25) is 0 Å². The van der Waals surface area contributed by atoms with E-state index in [9.17, 15) is 0 Å². The average Bonchev–Trinajstić information content (AvgIpc) is 4.23. The SMILES string of the molecule is [Ir].[Pt+2].[c-]1ccccc1-c1cc2c(cn1)[nH]c1cc3c(cc12)c1ccccc1n3-c1ccccc1.[c-]1ccccc1-c1ccc2c(n1)N1c3nc(-c4[c-]cccc4)ccc3Cc3cccc(c31)C2.[c-]1ccccc1-c1ccccn1. The van der Waals surface area contributed by atoms with Crippen LogP contribution in [0.5, 0.6) is 0 Å². The number of para-hydroxylation sites is 3. The maximum Gasteiger partial charge on any atom is 2.00 e. The standard InChI is InChI=1S/C30H19N3.C29H18N3.C11H8N.Ir.Pt/c1-3-8-20(9-4-1)26-16-14-24-18-22-12-7-13-23-19-25-15-17-27(21-10-5-2-6-11-21)32-30(25)33(28(22)23)29(24)31-26;1-3-9-19(10-4-1)25-16-23-22-15-24-21-13-7-8-14-28(21)32(20-11-5-2-6-12-20)29(24)17-26(22)31-27(23)18-30-25;1-2-6-10(7-3-1)11-8-4-5-9-12-11;;/h1-8,10,12-17H,18-19H2;1-9,11-18,31H;1-6,8-9H;;/q-2;2*-1;;+2. The second kappa shape index (κ2) is 22.2. The largest absolute Gasteiger partial charge is 2.00 e. The third-order valence-corrected chi connectivity index (χ3v) is 14.4. The fourth-order valence-electron chi connectivity index (χ4n) is 10.9. The molecule has 2 aliphatic rings. The molecule has 8 heterocycles. The Morgan fingerprint density at radius 2 is 0.937 bits per heavy atom. The molecule has 0 amide bonds. The number of nitrogens with zero attached hydrogens (tertiary/aromatic N) is 6. The maximum atomic E-state index is 5.16. The van der Waals surface area contributed by atoms with Crippen molar-refractivity contribution < 1.29 is 41.2 Å². The van der Waals surface area contributed by atoms with Gasteiger partial charge in [0.15, 0.2) is 0 Å². The van der Waals surface area contributed by atoms with Gasteiger partial charge >= 0.3 is 21.1 Å². The molecule has 79 heavy (non-hydrogen) atoms. The molecule has 14 aromatic rings. The summed E-state index contributed by atoms with van der Waals surface area (Å²) in [4.78, 5) is 25.1. The van der Waals surface area contributed by atoms with Crippen LogP contribution in [0, 0.1) is 24.3 Å². The first-order chi connectivity index (χ1) is 38.2. The molecule has 0 bridgehead atoms. The number of nitrogens with one attached hydrogen (secondary N) is 1. The van der Waals surface area contributed by atoms with Gasteiger partial charge in [0, 0.05) is 78.1 Å². The summed E-state index contributed by atoms with van der Waals surface area (Å²) < 4.78 is 2.35. The minimum atomic E-state index is 0. The zero-order valence-electron chi connectivity index (χ0n) is 42.3. The molecule has 2 aliphatic heterocycles. The van der Waals surface area contributed by atoms with Crippen molar-refractivity contribution in [3.05, 3.63) is 289 Å². The number of fused-ring (bicyclic) bond motifs is 10. The monoisotopic (exact) mass is 1370 g/mol. The van der Waals surface area contributed by atoms with Crippen molar-refractivity contribution in [1.82, 2.24) is 29.5 Å². The first-order valence-corrected chi connectivity index (χ1v) is 25.8. The van der Waals surface area contributed by atoms with Crippen molar-refractivity contribution in [2.24, 2.45) is 0 Å². The normalized spacial score (nSPS) is 11.7. The predicted octanol–water partition coefficient (Wildman–Crippen LogP) is 16.5. The number of aromatic amines is 1. The molecule has 0 saturated carbocycles. The topological polar surface area (TPSA) is 75.5 Å². The molecule has 7 nitrogen and oxygen atoms in total. The van der Waals surface area contributed by atoms with Gasteiger partial charge in [-0.3, -0.25) is 14.9 Å². The van der Waals surface area contributed by atoms with Crippen LogP contribution in [0.3, 0.4) is 0 Å². The van der Waals surface area contributed by atoms with Crippen LogP contribution >= 0.6 is 0 Å². The van der Waals surface area contributed by atoms with E-state index in [1.54, 1.807) is 6.20 Å². The van der Waals surface area contributed by atoms with Crippen molar-refractivity contribution in [1.29, 1.82) is 0 Å². The molecule has 0 atom stereocenters. The summed E-state index contributed by atoms with van der Waals surface area (Å²) in [7, 11) is 0. The smallest absolute Gasteiger partial charge is 0.353 e. The van der Waals surface area contributed by atoms with Gasteiger partial charge in [-0.2, -0.15) is 0 Å². The summed E-state index contributed by atoms with van der Waals surface area (Å²) in [5, 5.41) is 4.90. The van der Waals surface area contributed by atoms with Gasteiger partial charge in [-0.15, -0.1) is 144 Å². The Morgan fingerprint density at radius 1 is 0.392 bits per heavy atom. The van der Waals surface area contributed by atoms with Crippen molar-refractivity contribution in [2.45, 2.75) is 12.8 Å². The van der Waals surface area contributed by atoms with Crippen LogP contribution in [0.25, 0.3) is 94.3 Å². The molecule has 0 spiro atoms. The zero-order valence-corrected chi connectivity index (χ0v) is 47.0. The Balaban J connectivity index is 0.000000128. The molecule has 16 rings (SSSR count). The van der Waals surface area contributed by atoms with Crippen molar-refractivity contribution in [3.8, 4) is 50.7 Å². The van der Waals surface area contributed by atoms with Crippen molar-refractivity contribution >= 4 is 60.9 Å². The van der Waals surface area contributed by atoms with Gasteiger partial charge < -0.3 is 19.5 Å². The van der Waals surface area contributed by atoms with E-state index >= 15 is 0 Å². The third-order valence-electron chi connectivity index (χ3n) is 14.4. The van der Waals surface area contributed by atoms with Crippen LogP contribution in [0.2, 0.25) is 0 Å². The van der Waals surface area contributed by atoms with E-state index in [0.717, 1.165) is 86.2 Å². The molecule has 0 fully saturated rings. The van der Waals surface area contributed by atoms with E-state index in [1.165, 1.54) is 60.5 Å². The number of benzene rings is 8. The van der Waals surface area contributed by atoms with Crippen molar-refractivity contribution in [2.75, 3.05) is 4.90 Å². The number of pyridine rings is 4. The van der Waals surface area contributed by atoms with Crippen LogP contribution in [0.4, 0.5) is 17.3 Å². The first kappa shape index (κ1) is 50.9. The summed E-state index contributed by atoms with van der Waals surface area (Å²) in [6.45, 7) is 0. The Kier molecular flexibility index (Phi) is 14.3. The molecule has 0 saturated heterocycles. The molecule has 9 heteroatoms. The van der Waals surface area contributed by atoms with E-state index in [0.29, 0.717) is 0 Å². The number of H-pyrrole nitrogens is 1. The number of hydrogen-bond acceptors (Lipinski definition) is 5. The van der Waals surface area contributed by atoms with E-state index in [4.69, 9.17) is 9.97 Å². The summed E-state index contributed by atoms with van der Waals surface area (Å²) in [6.07, 6.45) is 5.47. The fourth-order valence-corrected chi connectivity index (χ4v) is 10.9. The summed E-state index contributed by atoms with van der Waals surface area (Å²) >= 11 is 0. The Hall–Kier alpha value is -8.90. The average molecular weight is 1370 g/mol. The summed E-state index contributed by atoms with van der Waals surface area (Å²) in [6, 6.07) is 91.9. The van der Waals surface area contributed by atoms with Gasteiger partial charge in [-0.1, -0.05) is 97.1 Å². The Labute approximate surface area is 486 Å². The second-order valence-corrected chi connectivity index (χ2v) is 19.1. The minimum absolute atomic E-state index is 0. The molecule has 6 aromatic heterocycles. The van der Waals surface area contributed by atoms with Crippen LogP contribution in [0.1, 0.15) is 22.3 Å². The van der Waals surface area contributed by atoms with Gasteiger partial charge in [0.25, 0.3) is 0 Å². The predicted molar refractivity (Wildman–Crippen MR) is 312 cm³/mol. The summed E-state index contributed by atoms with van der Waals surface area (Å²) in [5.41, 5.74) is 19.8. The van der Waals surface area contributed by atoms with E-state index in [2.05, 4.69) is 182 Å². The number of aromatic nitrogens is 6. The van der Waals surface area contributed by atoms with Gasteiger partial charge in [-0.25, -0.2) is 0 Å². The minimum Gasteiger partial charge on any atom is -0.353 e. The first-order valence-electron chi connectivity index (χ1n) is 25.8. The maximum absolute atomic E-state index is 5.16. The fraction of sp³-hybridized carbons (Fsp3) is 0.0286. The molecular formula is C70H45IrN7Pt-2.